The van der Waals surface area contributed by atoms with Crippen LogP contribution in [-0.2, 0) is 5.41 Å². The summed E-state index contributed by atoms with van der Waals surface area (Å²) in [4.78, 5) is 9.58. The summed E-state index contributed by atoms with van der Waals surface area (Å²) in [5.74, 6) is 2.42. The number of aromatic nitrogens is 2. The summed E-state index contributed by atoms with van der Waals surface area (Å²) in [6.07, 6.45) is 1.91. The molecular formula is C46H36N4O2. The van der Waals surface area contributed by atoms with E-state index in [4.69, 9.17) is 14.1 Å². The molecule has 10 rings (SSSR count). The molecule has 0 saturated heterocycles. The number of benzene rings is 6. The van der Waals surface area contributed by atoms with Crippen molar-refractivity contribution in [1.82, 2.24) is 9.55 Å². The molecule has 0 N–H and O–H groups in total. The van der Waals surface area contributed by atoms with Gasteiger partial charge in [-0.1, -0.05) is 81.4 Å². The lowest BCUT2D eigenvalue weighted by molar-refractivity contribution is 0.483. The molecule has 0 atom stereocenters. The molecule has 0 radical (unpaired) electrons. The lowest BCUT2D eigenvalue weighted by atomic mass is 9.88. The van der Waals surface area contributed by atoms with Crippen LogP contribution in [-0.4, -0.2) is 16.2 Å². The minimum Gasteiger partial charge on any atom is -0.457 e. The maximum Gasteiger partial charge on any atom is 0.137 e. The first-order valence-electron chi connectivity index (χ1n) is 17.7. The van der Waals surface area contributed by atoms with Crippen molar-refractivity contribution >= 4 is 66.5 Å². The van der Waals surface area contributed by atoms with Gasteiger partial charge in [-0.2, -0.15) is 0 Å². The Morgan fingerprint density at radius 3 is 2.21 bits per heavy atom. The van der Waals surface area contributed by atoms with E-state index in [9.17, 15) is 0 Å². The monoisotopic (exact) mass is 676 g/mol. The zero-order valence-electron chi connectivity index (χ0n) is 29.2. The van der Waals surface area contributed by atoms with Crippen molar-refractivity contribution in [2.45, 2.75) is 26.2 Å². The van der Waals surface area contributed by atoms with E-state index in [1.165, 1.54) is 10.9 Å². The van der Waals surface area contributed by atoms with E-state index in [1.54, 1.807) is 0 Å². The number of rotatable bonds is 5. The summed E-state index contributed by atoms with van der Waals surface area (Å²) in [6, 6.07) is 50.7. The van der Waals surface area contributed by atoms with E-state index < -0.39 is 0 Å². The number of anilines is 4. The first-order valence-corrected chi connectivity index (χ1v) is 17.7. The SMILES string of the molecule is CC(C)(C)c1ccnc(-n2c3ccccc3c3ccc(Oc4cccc(N5CN(c6ccccc6)c6ccc7oc8ccccc8c7c65)c4)cc32)c1. The predicted octanol–water partition coefficient (Wildman–Crippen LogP) is 12.4. The van der Waals surface area contributed by atoms with Crippen molar-refractivity contribution in [3.8, 4) is 17.3 Å². The maximum absolute atomic E-state index is 6.70. The summed E-state index contributed by atoms with van der Waals surface area (Å²) in [7, 11) is 0. The zero-order chi connectivity index (χ0) is 35.0. The summed E-state index contributed by atoms with van der Waals surface area (Å²) in [5, 5.41) is 4.56. The van der Waals surface area contributed by atoms with Gasteiger partial charge >= 0.3 is 0 Å². The number of pyridine rings is 1. The van der Waals surface area contributed by atoms with Gasteiger partial charge < -0.3 is 19.0 Å². The first kappa shape index (κ1) is 30.3. The van der Waals surface area contributed by atoms with E-state index in [2.05, 4.69) is 163 Å². The second kappa shape index (κ2) is 11.5. The molecule has 1 aliphatic heterocycles. The fourth-order valence-corrected chi connectivity index (χ4v) is 7.73. The summed E-state index contributed by atoms with van der Waals surface area (Å²) < 4.78 is 15.3. The largest absolute Gasteiger partial charge is 0.457 e. The molecule has 0 aliphatic carbocycles. The third kappa shape index (κ3) is 4.83. The number of hydrogen-bond donors (Lipinski definition) is 0. The Morgan fingerprint density at radius 2 is 1.35 bits per heavy atom. The fourth-order valence-electron chi connectivity index (χ4n) is 7.73. The van der Waals surface area contributed by atoms with Gasteiger partial charge in [-0.3, -0.25) is 4.57 Å². The molecule has 0 saturated carbocycles. The van der Waals surface area contributed by atoms with E-state index in [1.807, 2.05) is 24.4 Å². The molecule has 6 aromatic carbocycles. The lowest BCUT2D eigenvalue weighted by Gasteiger charge is -2.22. The lowest BCUT2D eigenvalue weighted by Crippen LogP contribution is -2.23. The van der Waals surface area contributed by atoms with Crippen LogP contribution in [0.1, 0.15) is 26.3 Å². The third-order valence-corrected chi connectivity index (χ3v) is 10.3. The Hall–Kier alpha value is -6.53. The molecule has 0 spiro atoms. The zero-order valence-corrected chi connectivity index (χ0v) is 29.2. The highest BCUT2D eigenvalue weighted by atomic mass is 16.5. The molecule has 6 nitrogen and oxygen atoms in total. The second-order valence-electron chi connectivity index (χ2n) is 14.5. The normalized spacial score (nSPS) is 13.1. The minimum absolute atomic E-state index is 0.000206. The number of para-hydroxylation sites is 3. The van der Waals surface area contributed by atoms with Gasteiger partial charge in [0.2, 0.25) is 0 Å². The van der Waals surface area contributed by atoms with Crippen molar-refractivity contribution in [3.63, 3.8) is 0 Å². The molecular weight excluding hydrogens is 641 g/mol. The molecule has 9 aromatic rings. The summed E-state index contributed by atoms with van der Waals surface area (Å²) in [6.45, 7) is 7.35. The van der Waals surface area contributed by atoms with Crippen LogP contribution in [0, 0.1) is 0 Å². The van der Waals surface area contributed by atoms with Crippen molar-refractivity contribution in [1.29, 1.82) is 0 Å². The Morgan fingerprint density at radius 1 is 0.596 bits per heavy atom. The molecule has 6 heteroatoms. The highest BCUT2D eigenvalue weighted by molar-refractivity contribution is 6.17. The topological polar surface area (TPSA) is 46.7 Å². The number of ether oxygens (including phenoxy) is 1. The third-order valence-electron chi connectivity index (χ3n) is 10.3. The molecule has 4 heterocycles. The summed E-state index contributed by atoms with van der Waals surface area (Å²) >= 11 is 0. The molecule has 0 unspecified atom stereocenters. The highest BCUT2D eigenvalue weighted by Crippen LogP contribution is 2.51. The fraction of sp³-hybridized carbons (Fsp3) is 0.109. The van der Waals surface area contributed by atoms with Gasteiger partial charge in [-0.25, -0.2) is 4.98 Å². The van der Waals surface area contributed by atoms with Crippen LogP contribution < -0.4 is 14.5 Å². The Kier molecular flexibility index (Phi) is 6.70. The van der Waals surface area contributed by atoms with E-state index in [0.29, 0.717) is 6.67 Å². The molecule has 52 heavy (non-hydrogen) atoms. The molecule has 0 bridgehead atoms. The van der Waals surface area contributed by atoms with E-state index in [0.717, 1.165) is 78.4 Å². The molecule has 3 aromatic heterocycles. The van der Waals surface area contributed by atoms with Crippen LogP contribution in [0.5, 0.6) is 11.5 Å². The Bertz CT molecular complexity index is 2810. The van der Waals surface area contributed by atoms with Gasteiger partial charge in [0.1, 0.15) is 35.2 Å². The molecule has 1 aliphatic rings. The van der Waals surface area contributed by atoms with E-state index >= 15 is 0 Å². The molecule has 0 amide bonds. The van der Waals surface area contributed by atoms with Gasteiger partial charge in [-0.15, -0.1) is 0 Å². The van der Waals surface area contributed by atoms with Crippen molar-refractivity contribution in [2.75, 3.05) is 16.5 Å². The minimum atomic E-state index is 0.000206. The Balaban J connectivity index is 1.07. The quantitative estimate of drug-likeness (QED) is 0.182. The second-order valence-corrected chi connectivity index (χ2v) is 14.5. The number of fused-ring (bicyclic) bond motifs is 8. The smallest absolute Gasteiger partial charge is 0.137 e. The van der Waals surface area contributed by atoms with Crippen molar-refractivity contribution in [2.24, 2.45) is 0 Å². The van der Waals surface area contributed by atoms with Crippen LogP contribution in [0.15, 0.2) is 156 Å². The van der Waals surface area contributed by atoms with Gasteiger partial charge in [0.05, 0.1) is 27.8 Å². The summed E-state index contributed by atoms with van der Waals surface area (Å²) in [5.41, 5.74) is 9.60. The van der Waals surface area contributed by atoms with Crippen LogP contribution >= 0.6 is 0 Å². The number of nitrogens with zero attached hydrogens (tertiary/aromatic N) is 4. The number of furan rings is 1. The Labute approximate surface area is 301 Å². The van der Waals surface area contributed by atoms with Crippen molar-refractivity contribution in [3.05, 3.63) is 157 Å². The maximum atomic E-state index is 6.70. The number of hydrogen-bond acceptors (Lipinski definition) is 5. The molecule has 252 valence electrons. The average molecular weight is 677 g/mol. The van der Waals surface area contributed by atoms with Gasteiger partial charge in [0.15, 0.2) is 0 Å². The van der Waals surface area contributed by atoms with Gasteiger partial charge in [0.25, 0.3) is 0 Å². The molecule has 0 fully saturated rings. The first-order chi connectivity index (χ1) is 25.4. The average Bonchev–Trinajstić information content (AvgIpc) is 3.84. The standard InChI is InChI=1S/C46H36N4O2/c1-46(2,3)30-24-25-47-43(26-30)50-38-18-9-7-16-35(38)36-21-20-34(28-40(36)50)51-33-15-11-14-32(27-33)49-29-48(31-12-5-4-6-13-31)39-22-23-42-44(45(39)49)37-17-8-10-19-41(37)52-42/h4-28H,29H2,1-3H3. The van der Waals surface area contributed by atoms with Crippen molar-refractivity contribution < 1.29 is 9.15 Å². The highest BCUT2D eigenvalue weighted by Gasteiger charge is 2.32. The van der Waals surface area contributed by atoms with Crippen LogP contribution in [0.3, 0.4) is 0 Å². The van der Waals surface area contributed by atoms with Gasteiger partial charge in [0, 0.05) is 45.9 Å². The van der Waals surface area contributed by atoms with Crippen LogP contribution in [0.2, 0.25) is 0 Å². The van der Waals surface area contributed by atoms with Crippen LogP contribution in [0.25, 0.3) is 49.6 Å². The predicted molar refractivity (Wildman–Crippen MR) is 213 cm³/mol. The van der Waals surface area contributed by atoms with Crippen LogP contribution in [0.4, 0.5) is 22.7 Å². The van der Waals surface area contributed by atoms with E-state index in [-0.39, 0.29) is 5.41 Å². The van der Waals surface area contributed by atoms with Gasteiger partial charge in [-0.05, 0) is 83.8 Å².